The molecule has 0 N–H and O–H groups in total. The monoisotopic (exact) mass is 354 g/mol. The molecular formula is C22H26O4. The SMILES string of the molecule is CCCC(OC(=O)c1ccccc1)C(C)C(C)OC(=O)c1ccccc1. The van der Waals surface area contributed by atoms with Crippen molar-refractivity contribution in [3.05, 3.63) is 71.8 Å². The van der Waals surface area contributed by atoms with Crippen LogP contribution in [0.15, 0.2) is 60.7 Å². The van der Waals surface area contributed by atoms with Gasteiger partial charge in [0.05, 0.1) is 11.1 Å². The zero-order chi connectivity index (χ0) is 18.9. The van der Waals surface area contributed by atoms with E-state index in [9.17, 15) is 9.59 Å². The standard InChI is InChI=1S/C22H26O4/c1-4-11-20(26-22(24)19-14-9-6-10-15-19)16(2)17(3)25-21(23)18-12-7-5-8-13-18/h5-10,12-17,20H,4,11H2,1-3H3. The van der Waals surface area contributed by atoms with Gasteiger partial charge >= 0.3 is 11.9 Å². The van der Waals surface area contributed by atoms with E-state index in [0.29, 0.717) is 17.5 Å². The molecule has 0 saturated heterocycles. The molecule has 0 aliphatic rings. The Balaban J connectivity index is 2.01. The fourth-order valence-electron chi connectivity index (χ4n) is 2.71. The third-order valence-electron chi connectivity index (χ3n) is 4.47. The summed E-state index contributed by atoms with van der Waals surface area (Å²) >= 11 is 0. The smallest absolute Gasteiger partial charge is 0.338 e. The van der Waals surface area contributed by atoms with Crippen molar-refractivity contribution in [2.45, 2.75) is 45.8 Å². The molecule has 0 aromatic heterocycles. The lowest BCUT2D eigenvalue weighted by Crippen LogP contribution is -2.34. The molecule has 0 bridgehead atoms. The van der Waals surface area contributed by atoms with Gasteiger partial charge in [-0.3, -0.25) is 0 Å². The highest BCUT2D eigenvalue weighted by Gasteiger charge is 2.28. The Morgan fingerprint density at radius 3 is 1.73 bits per heavy atom. The van der Waals surface area contributed by atoms with Gasteiger partial charge in [-0.2, -0.15) is 0 Å². The molecule has 0 heterocycles. The average molecular weight is 354 g/mol. The summed E-state index contributed by atoms with van der Waals surface area (Å²) in [6, 6.07) is 17.8. The lowest BCUT2D eigenvalue weighted by atomic mass is 9.95. The van der Waals surface area contributed by atoms with Crippen molar-refractivity contribution >= 4 is 11.9 Å². The Kier molecular flexibility index (Phi) is 7.39. The van der Waals surface area contributed by atoms with Crippen LogP contribution in [-0.2, 0) is 9.47 Å². The molecule has 0 radical (unpaired) electrons. The topological polar surface area (TPSA) is 52.6 Å². The minimum atomic E-state index is -0.372. The second-order valence-corrected chi connectivity index (χ2v) is 6.43. The Bertz CT molecular complexity index is 697. The van der Waals surface area contributed by atoms with Crippen LogP contribution in [0.2, 0.25) is 0 Å². The van der Waals surface area contributed by atoms with Gasteiger partial charge in [0, 0.05) is 5.92 Å². The highest BCUT2D eigenvalue weighted by atomic mass is 16.6. The first-order valence-corrected chi connectivity index (χ1v) is 9.05. The molecule has 0 amide bonds. The van der Waals surface area contributed by atoms with Crippen LogP contribution in [0.3, 0.4) is 0 Å². The minimum Gasteiger partial charge on any atom is -0.459 e. The molecule has 3 unspecified atom stereocenters. The molecule has 26 heavy (non-hydrogen) atoms. The minimum absolute atomic E-state index is 0.115. The zero-order valence-corrected chi connectivity index (χ0v) is 15.6. The summed E-state index contributed by atoms with van der Waals surface area (Å²) in [5.74, 6) is -0.831. The summed E-state index contributed by atoms with van der Waals surface area (Å²) < 4.78 is 11.3. The number of esters is 2. The van der Waals surface area contributed by atoms with Crippen LogP contribution in [0.1, 0.15) is 54.3 Å². The molecule has 0 aliphatic heterocycles. The number of hydrogen-bond donors (Lipinski definition) is 0. The number of carbonyl (C=O) groups is 2. The van der Waals surface area contributed by atoms with Crippen molar-refractivity contribution < 1.29 is 19.1 Å². The summed E-state index contributed by atoms with van der Waals surface area (Å²) in [5, 5.41) is 0. The van der Waals surface area contributed by atoms with Gasteiger partial charge in [0.1, 0.15) is 12.2 Å². The normalized spacial score (nSPS) is 14.1. The molecule has 3 atom stereocenters. The fourth-order valence-corrected chi connectivity index (χ4v) is 2.71. The maximum atomic E-state index is 12.4. The summed E-state index contributed by atoms with van der Waals surface area (Å²) in [4.78, 5) is 24.6. The van der Waals surface area contributed by atoms with E-state index in [4.69, 9.17) is 9.47 Å². The van der Waals surface area contributed by atoms with Crippen molar-refractivity contribution in [1.29, 1.82) is 0 Å². The van der Waals surface area contributed by atoms with Gasteiger partial charge in [-0.05, 0) is 37.6 Å². The van der Waals surface area contributed by atoms with E-state index in [1.165, 1.54) is 0 Å². The molecule has 0 spiro atoms. The third-order valence-corrected chi connectivity index (χ3v) is 4.47. The van der Waals surface area contributed by atoms with Crippen LogP contribution in [0.4, 0.5) is 0 Å². The Morgan fingerprint density at radius 2 is 1.27 bits per heavy atom. The van der Waals surface area contributed by atoms with Crippen LogP contribution >= 0.6 is 0 Å². The van der Waals surface area contributed by atoms with Gasteiger partial charge in [0.15, 0.2) is 0 Å². The van der Waals surface area contributed by atoms with Gasteiger partial charge in [-0.1, -0.05) is 56.7 Å². The maximum Gasteiger partial charge on any atom is 0.338 e. The first-order chi connectivity index (χ1) is 12.5. The van der Waals surface area contributed by atoms with Crippen LogP contribution in [0.5, 0.6) is 0 Å². The lowest BCUT2D eigenvalue weighted by Gasteiger charge is -2.28. The molecule has 4 nitrogen and oxygen atoms in total. The Labute approximate surface area is 155 Å². The molecule has 138 valence electrons. The van der Waals surface area contributed by atoms with E-state index in [1.54, 1.807) is 48.5 Å². The van der Waals surface area contributed by atoms with Gasteiger partial charge in [-0.15, -0.1) is 0 Å². The molecular weight excluding hydrogens is 328 g/mol. The second-order valence-electron chi connectivity index (χ2n) is 6.43. The van der Waals surface area contributed by atoms with Crippen molar-refractivity contribution in [3.63, 3.8) is 0 Å². The Hall–Kier alpha value is -2.62. The molecule has 2 aromatic carbocycles. The quantitative estimate of drug-likeness (QED) is 0.633. The average Bonchev–Trinajstić information content (AvgIpc) is 2.68. The van der Waals surface area contributed by atoms with Crippen LogP contribution in [-0.4, -0.2) is 24.1 Å². The third kappa shape index (κ3) is 5.45. The predicted molar refractivity (Wildman–Crippen MR) is 101 cm³/mol. The van der Waals surface area contributed by atoms with Crippen LogP contribution in [0.25, 0.3) is 0 Å². The highest BCUT2D eigenvalue weighted by Crippen LogP contribution is 2.22. The van der Waals surface area contributed by atoms with E-state index < -0.39 is 0 Å². The van der Waals surface area contributed by atoms with E-state index in [-0.39, 0.29) is 30.1 Å². The molecule has 0 aliphatic carbocycles. The molecule has 0 fully saturated rings. The zero-order valence-electron chi connectivity index (χ0n) is 15.6. The van der Waals surface area contributed by atoms with E-state index >= 15 is 0 Å². The molecule has 2 aromatic rings. The second kappa shape index (κ2) is 9.76. The van der Waals surface area contributed by atoms with Crippen molar-refractivity contribution in [1.82, 2.24) is 0 Å². The summed E-state index contributed by atoms with van der Waals surface area (Å²) in [7, 11) is 0. The van der Waals surface area contributed by atoms with Crippen molar-refractivity contribution in [2.24, 2.45) is 5.92 Å². The number of benzene rings is 2. The fraction of sp³-hybridized carbons (Fsp3) is 0.364. The summed E-state index contributed by atoms with van der Waals surface area (Å²) in [6.45, 7) is 5.82. The largest absolute Gasteiger partial charge is 0.459 e. The van der Waals surface area contributed by atoms with Crippen molar-refractivity contribution in [2.75, 3.05) is 0 Å². The van der Waals surface area contributed by atoms with E-state index in [1.807, 2.05) is 32.9 Å². The summed E-state index contributed by atoms with van der Waals surface area (Å²) in [5.41, 5.74) is 1.04. The Morgan fingerprint density at radius 1 is 0.808 bits per heavy atom. The number of rotatable bonds is 8. The maximum absolute atomic E-state index is 12.4. The van der Waals surface area contributed by atoms with E-state index in [0.717, 1.165) is 6.42 Å². The van der Waals surface area contributed by atoms with Crippen LogP contribution in [0, 0.1) is 5.92 Å². The predicted octanol–water partition coefficient (Wildman–Crippen LogP) is 4.89. The molecule has 0 saturated carbocycles. The molecule has 4 heteroatoms. The molecule has 2 rings (SSSR count). The van der Waals surface area contributed by atoms with Gasteiger partial charge in [0.25, 0.3) is 0 Å². The van der Waals surface area contributed by atoms with Crippen LogP contribution < -0.4 is 0 Å². The van der Waals surface area contributed by atoms with Crippen molar-refractivity contribution in [3.8, 4) is 0 Å². The number of carbonyl (C=O) groups excluding carboxylic acids is 2. The highest BCUT2D eigenvalue weighted by molar-refractivity contribution is 5.90. The lowest BCUT2D eigenvalue weighted by molar-refractivity contribution is -0.0253. The van der Waals surface area contributed by atoms with Gasteiger partial charge < -0.3 is 9.47 Å². The first-order valence-electron chi connectivity index (χ1n) is 9.05. The number of hydrogen-bond acceptors (Lipinski definition) is 4. The van der Waals surface area contributed by atoms with E-state index in [2.05, 4.69) is 0 Å². The van der Waals surface area contributed by atoms with Gasteiger partial charge in [-0.25, -0.2) is 9.59 Å². The summed E-state index contributed by atoms with van der Waals surface area (Å²) in [6.07, 6.45) is 0.901. The number of ether oxygens (including phenoxy) is 2. The van der Waals surface area contributed by atoms with Gasteiger partial charge in [0.2, 0.25) is 0 Å². The first kappa shape index (κ1) is 19.7.